The summed E-state index contributed by atoms with van der Waals surface area (Å²) in [6, 6.07) is 5.96. The lowest BCUT2D eigenvalue weighted by molar-refractivity contribution is 0.268. The maximum absolute atomic E-state index is 12.3. The predicted molar refractivity (Wildman–Crippen MR) is 133 cm³/mol. The van der Waals surface area contributed by atoms with Crippen molar-refractivity contribution >= 4 is 36.4 Å². The van der Waals surface area contributed by atoms with Gasteiger partial charge in [0.1, 0.15) is 11.5 Å². The molecule has 0 amide bonds. The normalized spacial score (nSPS) is 15.1. The van der Waals surface area contributed by atoms with Crippen molar-refractivity contribution in [2.45, 2.75) is 90.9 Å². The van der Waals surface area contributed by atoms with Gasteiger partial charge in [0.2, 0.25) is 0 Å². The highest BCUT2D eigenvalue weighted by Gasteiger charge is 2.24. The minimum Gasteiger partial charge on any atom is -0.413 e. The van der Waals surface area contributed by atoms with Gasteiger partial charge in [0, 0.05) is 22.5 Å². The van der Waals surface area contributed by atoms with Crippen molar-refractivity contribution in [3.05, 3.63) is 24.3 Å². The zero-order valence-electron chi connectivity index (χ0n) is 19.3. The zero-order valence-corrected chi connectivity index (χ0v) is 22.6. The van der Waals surface area contributed by atoms with Crippen molar-refractivity contribution < 1.29 is 27.2 Å². The van der Waals surface area contributed by atoms with Gasteiger partial charge in [0.05, 0.1) is 13.2 Å². The number of benzene rings is 1. The maximum Gasteiger partial charge on any atom is 0.476 e. The summed E-state index contributed by atoms with van der Waals surface area (Å²) in [6.45, 7) is -2.58. The molecule has 2 atom stereocenters. The van der Waals surface area contributed by atoms with Gasteiger partial charge in [-0.1, -0.05) is 78.1 Å². The van der Waals surface area contributed by atoms with E-state index in [9.17, 15) is 9.13 Å². The van der Waals surface area contributed by atoms with Crippen LogP contribution in [0.5, 0.6) is 11.5 Å². The fourth-order valence-electron chi connectivity index (χ4n) is 2.98. The van der Waals surface area contributed by atoms with Crippen LogP contribution in [0.25, 0.3) is 0 Å². The van der Waals surface area contributed by atoms with E-state index in [1.54, 1.807) is 0 Å². The maximum atomic E-state index is 12.3. The predicted octanol–water partition coefficient (Wildman–Crippen LogP) is 9.89. The van der Waals surface area contributed by atoms with Crippen LogP contribution in [-0.2, 0) is 18.2 Å². The van der Waals surface area contributed by atoms with Gasteiger partial charge in [-0.3, -0.25) is 9.05 Å². The molecule has 0 radical (unpaired) electrons. The Bertz CT molecular complexity index is 643. The molecule has 1 aromatic rings. The average molecular weight is 531 g/mol. The summed E-state index contributed by atoms with van der Waals surface area (Å²) >= 11 is 11.8. The van der Waals surface area contributed by atoms with Gasteiger partial charge >= 0.3 is 13.9 Å². The molecule has 6 nitrogen and oxygen atoms in total. The Morgan fingerprint density at radius 3 is 1.25 bits per heavy atom. The molecule has 0 spiro atoms. The van der Waals surface area contributed by atoms with Crippen molar-refractivity contribution in [2.24, 2.45) is 0 Å². The first-order valence-corrected chi connectivity index (χ1v) is 16.6. The summed E-state index contributed by atoms with van der Waals surface area (Å²) in [5.74, 6) is 0.493. The highest BCUT2D eigenvalue weighted by atomic mass is 35.7. The average Bonchev–Trinajstić information content (AvgIpc) is 2.73. The Morgan fingerprint density at radius 1 is 0.594 bits per heavy atom. The number of hydrogen-bond acceptors (Lipinski definition) is 6. The van der Waals surface area contributed by atoms with E-state index in [2.05, 4.69) is 13.8 Å². The Hall–Kier alpha value is -0.220. The molecule has 0 heterocycles. The molecule has 0 aliphatic rings. The van der Waals surface area contributed by atoms with Crippen LogP contribution in [-0.4, -0.2) is 13.2 Å². The van der Waals surface area contributed by atoms with Crippen LogP contribution in [0.4, 0.5) is 0 Å². The summed E-state index contributed by atoms with van der Waals surface area (Å²) in [6.07, 6.45) is 13.0. The van der Waals surface area contributed by atoms with Crippen molar-refractivity contribution in [1.29, 1.82) is 0 Å². The second kappa shape index (κ2) is 17.2. The summed E-state index contributed by atoms with van der Waals surface area (Å²) in [4.78, 5) is 0. The molecule has 1 rings (SSSR count). The summed E-state index contributed by atoms with van der Waals surface area (Å²) < 4.78 is 45.5. The number of rotatable bonds is 20. The molecule has 0 fully saturated rings. The van der Waals surface area contributed by atoms with E-state index in [-0.39, 0.29) is 24.7 Å². The number of halogens is 2. The molecule has 0 aromatic heterocycles. The van der Waals surface area contributed by atoms with Gasteiger partial charge in [-0.2, -0.15) is 0 Å². The van der Waals surface area contributed by atoms with Crippen LogP contribution < -0.4 is 9.05 Å². The third kappa shape index (κ3) is 15.6. The van der Waals surface area contributed by atoms with Crippen LogP contribution in [0.3, 0.4) is 0 Å². The molecule has 32 heavy (non-hydrogen) atoms. The van der Waals surface area contributed by atoms with E-state index in [4.69, 9.17) is 40.6 Å². The third-order valence-corrected chi connectivity index (χ3v) is 7.58. The number of unbranched alkanes of at least 4 members (excludes halogenated alkanes) is 10. The van der Waals surface area contributed by atoms with E-state index in [0.717, 1.165) is 38.5 Å². The molecule has 0 bridgehead atoms. The lowest BCUT2D eigenvalue weighted by atomic mass is 10.1. The largest absolute Gasteiger partial charge is 0.476 e. The van der Waals surface area contributed by atoms with Crippen LogP contribution in [0.15, 0.2) is 24.3 Å². The minimum atomic E-state index is -3.73. The molecule has 0 saturated carbocycles. The van der Waals surface area contributed by atoms with Crippen LogP contribution in [0.1, 0.15) is 90.9 Å². The van der Waals surface area contributed by atoms with Gasteiger partial charge in [-0.15, -0.1) is 0 Å². The zero-order chi connectivity index (χ0) is 23.7. The second-order valence-corrected chi connectivity index (χ2v) is 12.8. The van der Waals surface area contributed by atoms with Crippen molar-refractivity contribution in [3.8, 4) is 11.5 Å². The molecule has 186 valence electrons. The summed E-state index contributed by atoms with van der Waals surface area (Å²) in [5, 5.41) is 0. The van der Waals surface area contributed by atoms with Gasteiger partial charge in [0.15, 0.2) is 0 Å². The van der Waals surface area contributed by atoms with Crippen LogP contribution >= 0.6 is 36.4 Å². The third-order valence-electron chi connectivity index (χ3n) is 4.74. The lowest BCUT2D eigenvalue weighted by Crippen LogP contribution is -1.97. The van der Waals surface area contributed by atoms with Crippen LogP contribution in [0.2, 0.25) is 0 Å². The molecular formula is C22H38Cl2O6P2. The molecular weight excluding hydrogens is 493 g/mol. The SMILES string of the molecule is CCCCCCCCOP(=O)(Cl)Oc1ccc(OP(=O)(Cl)OCCCCCCCC)cc1. The first-order chi connectivity index (χ1) is 15.3. The highest BCUT2D eigenvalue weighted by Crippen LogP contribution is 2.55. The Morgan fingerprint density at radius 2 is 0.906 bits per heavy atom. The van der Waals surface area contributed by atoms with Gasteiger partial charge in [-0.25, -0.2) is 9.13 Å². The second-order valence-electron chi connectivity index (χ2n) is 7.72. The van der Waals surface area contributed by atoms with Crippen molar-refractivity contribution in [1.82, 2.24) is 0 Å². The lowest BCUT2D eigenvalue weighted by Gasteiger charge is -2.15. The van der Waals surface area contributed by atoms with E-state index in [0.29, 0.717) is 0 Å². The minimum absolute atomic E-state index is 0.246. The number of hydrogen-bond donors (Lipinski definition) is 0. The Kier molecular flexibility index (Phi) is 16.1. The van der Waals surface area contributed by atoms with E-state index >= 15 is 0 Å². The summed E-state index contributed by atoms with van der Waals surface area (Å²) in [5.41, 5.74) is 0. The smallest absolute Gasteiger partial charge is 0.413 e. The molecule has 1 aromatic carbocycles. The Balaban J connectivity index is 2.32. The topological polar surface area (TPSA) is 71.1 Å². The van der Waals surface area contributed by atoms with Gasteiger partial charge in [0.25, 0.3) is 0 Å². The first kappa shape index (κ1) is 29.8. The van der Waals surface area contributed by atoms with E-state index in [1.807, 2.05) is 0 Å². The molecule has 0 aliphatic carbocycles. The summed E-state index contributed by atoms with van der Waals surface area (Å²) in [7, 11) is 0. The molecule has 0 aliphatic heterocycles. The van der Waals surface area contributed by atoms with E-state index in [1.165, 1.54) is 62.8 Å². The molecule has 0 saturated heterocycles. The molecule has 10 heteroatoms. The van der Waals surface area contributed by atoms with Crippen molar-refractivity contribution in [3.63, 3.8) is 0 Å². The fraction of sp³-hybridized carbons (Fsp3) is 0.727. The van der Waals surface area contributed by atoms with Crippen molar-refractivity contribution in [2.75, 3.05) is 13.2 Å². The molecule has 0 N–H and O–H groups in total. The quantitative estimate of drug-likeness (QED) is 0.123. The van der Waals surface area contributed by atoms with E-state index < -0.39 is 13.9 Å². The van der Waals surface area contributed by atoms with Crippen LogP contribution in [0, 0.1) is 0 Å². The molecule has 2 unspecified atom stereocenters. The standard InChI is InChI=1S/C22H38Cl2O6P2/c1-3-5-7-9-11-13-19-27-31(23,25)29-21-15-17-22(18-16-21)30-32(24,26)28-20-14-12-10-8-6-4-2/h15-18H,3-14,19-20H2,1-2H3. The highest BCUT2D eigenvalue weighted by molar-refractivity contribution is 7.82. The fourth-order valence-corrected chi connectivity index (χ4v) is 5.42. The first-order valence-electron chi connectivity index (χ1n) is 11.7. The Labute approximate surface area is 203 Å². The van der Waals surface area contributed by atoms with Gasteiger partial charge in [-0.05, 0) is 37.1 Å². The monoisotopic (exact) mass is 530 g/mol. The van der Waals surface area contributed by atoms with Gasteiger partial charge < -0.3 is 9.05 Å².